The van der Waals surface area contributed by atoms with Gasteiger partial charge in [-0.05, 0) is 12.1 Å². The summed E-state index contributed by atoms with van der Waals surface area (Å²) in [5.41, 5.74) is 1.38. The highest BCUT2D eigenvalue weighted by Gasteiger charge is 2.13. The lowest BCUT2D eigenvalue weighted by atomic mass is 10.0. The number of carboxylic acid groups (broad SMARTS) is 1. The molecule has 0 atom stereocenters. The molecule has 0 heterocycles. The number of para-hydroxylation sites is 2. The lowest BCUT2D eigenvalue weighted by Crippen LogP contribution is -2.05. The van der Waals surface area contributed by atoms with Crippen LogP contribution in [0.25, 0.3) is 11.1 Å². The van der Waals surface area contributed by atoms with Crippen molar-refractivity contribution < 1.29 is 24.1 Å². The van der Waals surface area contributed by atoms with Crippen LogP contribution in [0.1, 0.15) is 0 Å². The topological polar surface area (TPSA) is 65.0 Å². The Kier molecular flexibility index (Phi) is 4.57. The number of ether oxygens (including phenoxy) is 3. The highest BCUT2D eigenvalue weighted by atomic mass is 16.7. The summed E-state index contributed by atoms with van der Waals surface area (Å²) in [6.07, 6.45) is -1.35. The molecule has 0 radical (unpaired) electrons. The second kappa shape index (κ2) is 6.58. The molecule has 0 unspecified atom stereocenters. The molecule has 2 rings (SSSR count). The van der Waals surface area contributed by atoms with Crippen LogP contribution in [-0.2, 0) is 4.74 Å². The molecular formula is C15H14O5. The van der Waals surface area contributed by atoms with Crippen LogP contribution < -0.4 is 9.47 Å². The van der Waals surface area contributed by atoms with Gasteiger partial charge in [0.15, 0.2) is 6.79 Å². The van der Waals surface area contributed by atoms with Crippen LogP contribution in [0.4, 0.5) is 4.79 Å². The summed E-state index contributed by atoms with van der Waals surface area (Å²) in [7, 11) is 1.53. The van der Waals surface area contributed by atoms with E-state index in [0.29, 0.717) is 11.3 Å². The van der Waals surface area contributed by atoms with Crippen LogP contribution in [0, 0.1) is 0 Å². The minimum atomic E-state index is -1.35. The summed E-state index contributed by atoms with van der Waals surface area (Å²) in [5, 5.41) is 8.78. The lowest BCUT2D eigenvalue weighted by Gasteiger charge is -2.13. The first-order valence-corrected chi connectivity index (χ1v) is 5.93. The average Bonchev–Trinajstić information content (AvgIpc) is 2.45. The average molecular weight is 274 g/mol. The number of rotatable bonds is 5. The minimum Gasteiger partial charge on any atom is -0.467 e. The van der Waals surface area contributed by atoms with Crippen molar-refractivity contribution in [3.63, 3.8) is 0 Å². The van der Waals surface area contributed by atoms with Gasteiger partial charge in [0, 0.05) is 18.2 Å². The molecule has 0 fully saturated rings. The van der Waals surface area contributed by atoms with Gasteiger partial charge in [-0.3, -0.25) is 0 Å². The summed E-state index contributed by atoms with van der Waals surface area (Å²) < 4.78 is 15.1. The zero-order chi connectivity index (χ0) is 14.4. The van der Waals surface area contributed by atoms with E-state index in [9.17, 15) is 4.79 Å². The van der Waals surface area contributed by atoms with Crippen LogP contribution in [0.15, 0.2) is 48.5 Å². The summed E-state index contributed by atoms with van der Waals surface area (Å²) in [6, 6.07) is 14.2. The van der Waals surface area contributed by atoms with E-state index in [1.54, 1.807) is 30.3 Å². The molecule has 5 heteroatoms. The highest BCUT2D eigenvalue weighted by molar-refractivity contribution is 5.78. The van der Waals surface area contributed by atoms with E-state index in [2.05, 4.69) is 0 Å². The van der Waals surface area contributed by atoms with Gasteiger partial charge in [0.05, 0.1) is 0 Å². The molecule has 0 aliphatic carbocycles. The Bertz CT molecular complexity index is 594. The largest absolute Gasteiger partial charge is 0.511 e. The number of carbonyl (C=O) groups is 1. The predicted octanol–water partition coefficient (Wildman–Crippen LogP) is 3.39. The van der Waals surface area contributed by atoms with E-state index in [4.69, 9.17) is 19.3 Å². The number of hydrogen-bond acceptors (Lipinski definition) is 4. The van der Waals surface area contributed by atoms with Crippen molar-refractivity contribution >= 4 is 6.16 Å². The third kappa shape index (κ3) is 3.27. The smallest absolute Gasteiger partial charge is 0.467 e. The van der Waals surface area contributed by atoms with Gasteiger partial charge in [-0.25, -0.2) is 4.79 Å². The summed E-state index contributed by atoms with van der Waals surface area (Å²) in [4.78, 5) is 10.7. The molecule has 0 amide bonds. The molecule has 0 aromatic heterocycles. The van der Waals surface area contributed by atoms with Gasteiger partial charge < -0.3 is 19.3 Å². The van der Waals surface area contributed by atoms with Crippen molar-refractivity contribution in [3.05, 3.63) is 48.5 Å². The van der Waals surface area contributed by atoms with Gasteiger partial charge in [-0.1, -0.05) is 36.4 Å². The van der Waals surface area contributed by atoms with Crippen molar-refractivity contribution in [3.8, 4) is 22.6 Å². The zero-order valence-corrected chi connectivity index (χ0v) is 10.9. The maximum absolute atomic E-state index is 10.7. The Hall–Kier alpha value is -2.53. The molecule has 2 aromatic carbocycles. The first-order valence-electron chi connectivity index (χ1n) is 5.93. The van der Waals surface area contributed by atoms with E-state index in [1.165, 1.54) is 7.11 Å². The molecule has 20 heavy (non-hydrogen) atoms. The van der Waals surface area contributed by atoms with Crippen molar-refractivity contribution in [2.24, 2.45) is 0 Å². The van der Waals surface area contributed by atoms with Gasteiger partial charge in [0.2, 0.25) is 0 Å². The standard InChI is InChI=1S/C15H14O5/c1-18-10-19-13-8-4-2-6-11(13)12-7-3-5-9-14(12)20-15(16)17/h2-9H,10H2,1H3,(H,16,17). The lowest BCUT2D eigenvalue weighted by molar-refractivity contribution is 0.0515. The van der Waals surface area contributed by atoms with Crippen molar-refractivity contribution in [1.82, 2.24) is 0 Å². The van der Waals surface area contributed by atoms with E-state index < -0.39 is 6.16 Å². The van der Waals surface area contributed by atoms with Crippen molar-refractivity contribution in [2.75, 3.05) is 13.9 Å². The Labute approximate surface area is 116 Å². The Morgan fingerprint density at radius 2 is 1.55 bits per heavy atom. The fraction of sp³-hybridized carbons (Fsp3) is 0.133. The van der Waals surface area contributed by atoms with Crippen molar-refractivity contribution in [1.29, 1.82) is 0 Å². The Morgan fingerprint density at radius 3 is 2.15 bits per heavy atom. The molecule has 0 spiro atoms. The van der Waals surface area contributed by atoms with Crippen molar-refractivity contribution in [2.45, 2.75) is 0 Å². The first kappa shape index (κ1) is 13.9. The summed E-state index contributed by atoms with van der Waals surface area (Å²) >= 11 is 0. The van der Waals surface area contributed by atoms with Gasteiger partial charge in [0.1, 0.15) is 11.5 Å². The quantitative estimate of drug-likeness (QED) is 0.514. The molecule has 0 bridgehead atoms. The van der Waals surface area contributed by atoms with Gasteiger partial charge in [-0.15, -0.1) is 0 Å². The molecular weight excluding hydrogens is 260 g/mol. The summed E-state index contributed by atoms with van der Waals surface area (Å²) in [6.45, 7) is 0.110. The molecule has 104 valence electrons. The fourth-order valence-corrected chi connectivity index (χ4v) is 1.81. The fourth-order valence-electron chi connectivity index (χ4n) is 1.81. The highest BCUT2D eigenvalue weighted by Crippen LogP contribution is 2.36. The van der Waals surface area contributed by atoms with E-state index in [-0.39, 0.29) is 12.5 Å². The molecule has 5 nitrogen and oxygen atoms in total. The SMILES string of the molecule is COCOc1ccccc1-c1ccccc1OC(=O)O. The Morgan fingerprint density at radius 1 is 1.00 bits per heavy atom. The molecule has 2 aromatic rings. The second-order valence-electron chi connectivity index (χ2n) is 3.91. The zero-order valence-electron chi connectivity index (χ0n) is 10.9. The maximum atomic E-state index is 10.7. The Balaban J connectivity index is 2.43. The molecule has 1 N–H and O–H groups in total. The third-order valence-corrected chi connectivity index (χ3v) is 2.59. The van der Waals surface area contributed by atoms with Crippen LogP contribution in [0.2, 0.25) is 0 Å². The van der Waals surface area contributed by atoms with Crippen LogP contribution in [0.5, 0.6) is 11.5 Å². The predicted molar refractivity (Wildman–Crippen MR) is 73.0 cm³/mol. The second-order valence-corrected chi connectivity index (χ2v) is 3.91. The minimum absolute atomic E-state index is 0.110. The molecule has 0 aliphatic rings. The van der Waals surface area contributed by atoms with Gasteiger partial charge in [0.25, 0.3) is 0 Å². The van der Waals surface area contributed by atoms with E-state index in [1.807, 2.05) is 18.2 Å². The molecule has 0 saturated carbocycles. The van der Waals surface area contributed by atoms with Crippen LogP contribution >= 0.6 is 0 Å². The number of hydrogen-bond donors (Lipinski definition) is 1. The van der Waals surface area contributed by atoms with Gasteiger partial charge >= 0.3 is 6.16 Å². The van der Waals surface area contributed by atoms with Gasteiger partial charge in [-0.2, -0.15) is 0 Å². The normalized spacial score (nSPS) is 10.1. The van der Waals surface area contributed by atoms with Crippen LogP contribution in [0.3, 0.4) is 0 Å². The van der Waals surface area contributed by atoms with E-state index in [0.717, 1.165) is 5.56 Å². The first-order chi connectivity index (χ1) is 9.72. The van der Waals surface area contributed by atoms with Crippen LogP contribution in [-0.4, -0.2) is 25.2 Å². The third-order valence-electron chi connectivity index (χ3n) is 2.59. The summed E-state index contributed by atoms with van der Waals surface area (Å²) in [5.74, 6) is 0.851. The molecule has 0 saturated heterocycles. The number of methoxy groups -OCH3 is 1. The maximum Gasteiger partial charge on any atom is 0.511 e. The monoisotopic (exact) mass is 274 g/mol. The molecule has 0 aliphatic heterocycles. The van der Waals surface area contributed by atoms with E-state index >= 15 is 0 Å². The number of benzene rings is 2.